The number of anilines is 1. The van der Waals surface area contributed by atoms with Crippen LogP contribution in [0.5, 0.6) is 5.75 Å². The van der Waals surface area contributed by atoms with Crippen LogP contribution in [-0.4, -0.2) is 62.1 Å². The third-order valence-corrected chi connectivity index (χ3v) is 7.00. The largest absolute Gasteiger partial charge is 0.495 e. The van der Waals surface area contributed by atoms with Crippen molar-refractivity contribution in [3.63, 3.8) is 0 Å². The minimum Gasteiger partial charge on any atom is -0.495 e. The van der Waals surface area contributed by atoms with Gasteiger partial charge in [-0.25, -0.2) is 8.42 Å². The smallest absolute Gasteiger partial charge is 0.244 e. The van der Waals surface area contributed by atoms with Crippen molar-refractivity contribution >= 4 is 33.4 Å². The van der Waals surface area contributed by atoms with Gasteiger partial charge in [-0.1, -0.05) is 12.8 Å². The predicted octanol–water partition coefficient (Wildman–Crippen LogP) is 1.35. The summed E-state index contributed by atoms with van der Waals surface area (Å²) in [7, 11) is -2.30. The van der Waals surface area contributed by atoms with Crippen molar-refractivity contribution in [2.75, 3.05) is 32.1 Å². The number of nitrogens with zero attached hydrogens (tertiary/aromatic N) is 2. The van der Waals surface area contributed by atoms with Crippen LogP contribution in [0.2, 0.25) is 0 Å². The molecule has 10 heteroatoms. The molecule has 2 aliphatic rings. The van der Waals surface area contributed by atoms with Crippen LogP contribution in [0.15, 0.2) is 23.1 Å². The number of hydrogen-bond acceptors (Lipinski definition) is 6. The summed E-state index contributed by atoms with van der Waals surface area (Å²) in [4.78, 5) is 36.7. The highest BCUT2D eigenvalue weighted by Crippen LogP contribution is 2.30. The zero-order valence-electron chi connectivity index (χ0n) is 16.3. The summed E-state index contributed by atoms with van der Waals surface area (Å²) in [5.41, 5.74) is 0.174. The molecule has 2 saturated heterocycles. The number of benzene rings is 1. The molecule has 3 rings (SSSR count). The first-order valence-corrected chi connectivity index (χ1v) is 11.1. The second-order valence-corrected chi connectivity index (χ2v) is 9.04. The summed E-state index contributed by atoms with van der Waals surface area (Å²) in [5.74, 6) is -1.10. The Morgan fingerprint density at radius 2 is 1.69 bits per heavy atom. The molecule has 1 aromatic carbocycles. The van der Waals surface area contributed by atoms with Crippen molar-refractivity contribution in [1.82, 2.24) is 9.21 Å². The fourth-order valence-corrected chi connectivity index (χ4v) is 5.05. The number of nitrogens with one attached hydrogen (secondary N) is 1. The van der Waals surface area contributed by atoms with Gasteiger partial charge in [0.2, 0.25) is 27.7 Å². The summed E-state index contributed by atoms with van der Waals surface area (Å²) in [5, 5.41) is 2.56. The Hall–Kier alpha value is -2.46. The van der Waals surface area contributed by atoms with Crippen molar-refractivity contribution in [2.24, 2.45) is 0 Å². The van der Waals surface area contributed by atoms with Crippen LogP contribution in [0.25, 0.3) is 0 Å². The first kappa shape index (κ1) is 21.3. The Balaban J connectivity index is 1.80. The molecule has 1 aromatic rings. The molecule has 0 aliphatic carbocycles. The molecule has 0 radical (unpaired) electrons. The Bertz CT molecular complexity index is 891. The van der Waals surface area contributed by atoms with E-state index in [1.165, 1.54) is 29.6 Å². The van der Waals surface area contributed by atoms with E-state index in [2.05, 4.69) is 5.32 Å². The van der Waals surface area contributed by atoms with Gasteiger partial charge in [-0.05, 0) is 31.0 Å². The van der Waals surface area contributed by atoms with Gasteiger partial charge in [0.1, 0.15) is 12.3 Å². The molecule has 0 saturated carbocycles. The lowest BCUT2D eigenvalue weighted by molar-refractivity contribution is -0.141. The number of likely N-dealkylation sites (tertiary alicyclic amines) is 1. The first-order valence-electron chi connectivity index (χ1n) is 9.64. The van der Waals surface area contributed by atoms with Gasteiger partial charge in [0, 0.05) is 25.9 Å². The highest BCUT2D eigenvalue weighted by atomic mass is 32.2. The molecule has 0 unspecified atom stereocenters. The summed E-state index contributed by atoms with van der Waals surface area (Å²) in [6, 6.07) is 4.28. The summed E-state index contributed by atoms with van der Waals surface area (Å²) in [6.07, 6.45) is 3.83. The Morgan fingerprint density at radius 1 is 1.07 bits per heavy atom. The fourth-order valence-electron chi connectivity index (χ4n) is 3.51. The predicted molar refractivity (Wildman–Crippen MR) is 105 cm³/mol. The Kier molecular flexibility index (Phi) is 6.53. The van der Waals surface area contributed by atoms with Crippen molar-refractivity contribution in [2.45, 2.75) is 43.4 Å². The molecule has 2 fully saturated rings. The zero-order valence-corrected chi connectivity index (χ0v) is 17.2. The van der Waals surface area contributed by atoms with Gasteiger partial charge in [0.25, 0.3) is 0 Å². The van der Waals surface area contributed by atoms with Gasteiger partial charge in [-0.15, -0.1) is 0 Å². The van der Waals surface area contributed by atoms with Crippen LogP contribution in [0.1, 0.15) is 38.5 Å². The maximum absolute atomic E-state index is 13.0. The van der Waals surface area contributed by atoms with E-state index in [9.17, 15) is 22.8 Å². The van der Waals surface area contributed by atoms with Gasteiger partial charge >= 0.3 is 0 Å². The van der Waals surface area contributed by atoms with Crippen LogP contribution < -0.4 is 10.1 Å². The molecule has 0 atom stereocenters. The quantitative estimate of drug-likeness (QED) is 0.691. The third-order valence-electron chi connectivity index (χ3n) is 5.10. The topological polar surface area (TPSA) is 113 Å². The summed E-state index contributed by atoms with van der Waals surface area (Å²) in [6.45, 7) is 0.522. The SMILES string of the molecule is COc1ccc(S(=O)(=O)N2CCCCCC2)cc1NC(=O)CN1C(=O)CCC1=O. The maximum Gasteiger partial charge on any atom is 0.244 e. The van der Waals surface area contributed by atoms with E-state index < -0.39 is 34.3 Å². The highest BCUT2D eigenvalue weighted by Gasteiger charge is 2.31. The second-order valence-electron chi connectivity index (χ2n) is 7.10. The Labute approximate surface area is 170 Å². The van der Waals surface area contributed by atoms with Crippen molar-refractivity contribution in [1.29, 1.82) is 0 Å². The lowest BCUT2D eigenvalue weighted by Crippen LogP contribution is -2.37. The number of ether oxygens (including phenoxy) is 1. The molecule has 2 aliphatic heterocycles. The molecule has 0 aromatic heterocycles. The Morgan fingerprint density at radius 3 is 2.28 bits per heavy atom. The van der Waals surface area contributed by atoms with Crippen LogP contribution in [-0.2, 0) is 24.4 Å². The standard InChI is InChI=1S/C19H25N3O6S/c1-28-16-7-6-14(29(26,27)21-10-4-2-3-5-11-21)12-15(16)20-17(23)13-22-18(24)8-9-19(22)25/h6-7,12H,2-5,8-11,13H2,1H3,(H,20,23). The van der Waals surface area contributed by atoms with Crippen molar-refractivity contribution < 1.29 is 27.5 Å². The van der Waals surface area contributed by atoms with E-state index in [4.69, 9.17) is 4.74 Å². The van der Waals surface area contributed by atoms with E-state index in [1.807, 2.05) is 0 Å². The first-order chi connectivity index (χ1) is 13.8. The molecular formula is C19H25N3O6S. The molecule has 0 spiro atoms. The normalized spacial score (nSPS) is 18.6. The van der Waals surface area contributed by atoms with Gasteiger partial charge in [-0.3, -0.25) is 19.3 Å². The number of methoxy groups -OCH3 is 1. The number of imide groups is 1. The lowest BCUT2D eigenvalue weighted by Gasteiger charge is -2.21. The molecule has 3 amide bonds. The molecule has 0 bridgehead atoms. The molecule has 2 heterocycles. The molecule has 29 heavy (non-hydrogen) atoms. The minimum atomic E-state index is -3.70. The maximum atomic E-state index is 13.0. The van der Waals surface area contributed by atoms with Gasteiger partial charge in [0.15, 0.2) is 0 Å². The van der Waals surface area contributed by atoms with Crippen molar-refractivity contribution in [3.05, 3.63) is 18.2 Å². The summed E-state index contributed by atoms with van der Waals surface area (Å²) >= 11 is 0. The lowest BCUT2D eigenvalue weighted by atomic mass is 10.2. The number of rotatable bonds is 6. The van der Waals surface area contributed by atoms with E-state index in [-0.39, 0.29) is 29.2 Å². The number of amides is 3. The monoisotopic (exact) mass is 423 g/mol. The average Bonchev–Trinajstić information content (AvgIpc) is 2.91. The molecular weight excluding hydrogens is 398 g/mol. The highest BCUT2D eigenvalue weighted by molar-refractivity contribution is 7.89. The number of carbonyl (C=O) groups is 3. The molecule has 1 N–H and O–H groups in total. The van der Waals surface area contributed by atoms with Gasteiger partial charge < -0.3 is 10.1 Å². The van der Waals surface area contributed by atoms with E-state index in [1.54, 1.807) is 0 Å². The van der Waals surface area contributed by atoms with E-state index in [0.717, 1.165) is 30.6 Å². The molecule has 158 valence electrons. The fraction of sp³-hybridized carbons (Fsp3) is 0.526. The minimum absolute atomic E-state index is 0.0591. The van der Waals surface area contributed by atoms with Crippen LogP contribution in [0, 0.1) is 0 Å². The zero-order chi connectivity index (χ0) is 21.0. The third kappa shape index (κ3) is 4.76. The number of hydrogen-bond donors (Lipinski definition) is 1. The number of carbonyl (C=O) groups excluding carboxylic acids is 3. The van der Waals surface area contributed by atoms with E-state index >= 15 is 0 Å². The molecule has 9 nitrogen and oxygen atoms in total. The second kappa shape index (κ2) is 8.91. The van der Waals surface area contributed by atoms with Gasteiger partial charge in [0.05, 0.1) is 17.7 Å². The average molecular weight is 423 g/mol. The van der Waals surface area contributed by atoms with Crippen molar-refractivity contribution in [3.8, 4) is 5.75 Å². The van der Waals surface area contributed by atoms with Crippen LogP contribution in [0.4, 0.5) is 5.69 Å². The van der Waals surface area contributed by atoms with Gasteiger partial charge in [-0.2, -0.15) is 4.31 Å². The van der Waals surface area contributed by atoms with Crippen LogP contribution in [0.3, 0.4) is 0 Å². The van der Waals surface area contributed by atoms with Crippen LogP contribution >= 0.6 is 0 Å². The van der Waals surface area contributed by atoms with E-state index in [0.29, 0.717) is 13.1 Å². The summed E-state index contributed by atoms with van der Waals surface area (Å²) < 4.78 is 32.7. The number of sulfonamides is 1.